The minimum Gasteiger partial charge on any atom is -0.465 e. The predicted molar refractivity (Wildman–Crippen MR) is 78.8 cm³/mol. The monoisotopic (exact) mass is 270 g/mol. The fourth-order valence-electron chi connectivity index (χ4n) is 1.90. The van der Waals surface area contributed by atoms with Crippen molar-refractivity contribution in [3.63, 3.8) is 0 Å². The van der Waals surface area contributed by atoms with E-state index in [1.54, 1.807) is 6.07 Å². The van der Waals surface area contributed by atoms with Crippen molar-refractivity contribution in [3.8, 4) is 0 Å². The van der Waals surface area contributed by atoms with Crippen LogP contribution in [-0.2, 0) is 11.3 Å². The first kappa shape index (κ1) is 14.1. The number of methoxy groups -OCH3 is 1. The summed E-state index contributed by atoms with van der Waals surface area (Å²) in [6.45, 7) is 4.79. The van der Waals surface area contributed by atoms with Crippen LogP contribution in [0.5, 0.6) is 0 Å². The quantitative estimate of drug-likeness (QED) is 0.867. The average Bonchev–Trinajstić information content (AvgIpc) is 2.48. The third-order valence-corrected chi connectivity index (χ3v) is 3.31. The number of carbonyl (C=O) groups excluding carboxylic acids is 1. The lowest BCUT2D eigenvalue weighted by Crippen LogP contribution is -2.06. The highest BCUT2D eigenvalue weighted by molar-refractivity contribution is 5.88. The number of carbonyl (C=O) groups is 1. The molecule has 0 saturated heterocycles. The van der Waals surface area contributed by atoms with E-state index in [4.69, 9.17) is 0 Å². The Bertz CT molecular complexity index is 606. The number of aryl methyl sites for hydroxylation is 1. The summed E-state index contributed by atoms with van der Waals surface area (Å²) in [6, 6.07) is 9.71. The zero-order chi connectivity index (χ0) is 14.5. The minimum atomic E-state index is -0.369. The number of benzene rings is 1. The molecule has 0 fully saturated rings. The Labute approximate surface area is 118 Å². The Morgan fingerprint density at radius 2 is 2.05 bits per heavy atom. The number of hydrogen-bond donors (Lipinski definition) is 1. The van der Waals surface area contributed by atoms with Crippen molar-refractivity contribution in [2.45, 2.75) is 20.4 Å². The molecule has 20 heavy (non-hydrogen) atoms. The second kappa shape index (κ2) is 6.19. The molecule has 0 spiro atoms. The number of nitrogens with zero attached hydrogens (tertiary/aromatic N) is 1. The SMILES string of the molecule is COC(=O)c1ccc(CNc2cccc(C)c2C)nc1. The van der Waals surface area contributed by atoms with Crippen LogP contribution in [0.15, 0.2) is 36.5 Å². The van der Waals surface area contributed by atoms with E-state index in [0.717, 1.165) is 11.4 Å². The number of hydrogen-bond acceptors (Lipinski definition) is 4. The molecular formula is C16H18N2O2. The Hall–Kier alpha value is -2.36. The number of aromatic nitrogens is 1. The first-order valence-electron chi connectivity index (χ1n) is 6.45. The summed E-state index contributed by atoms with van der Waals surface area (Å²) in [4.78, 5) is 15.6. The summed E-state index contributed by atoms with van der Waals surface area (Å²) >= 11 is 0. The summed E-state index contributed by atoms with van der Waals surface area (Å²) in [6.07, 6.45) is 1.53. The lowest BCUT2D eigenvalue weighted by Gasteiger charge is -2.11. The van der Waals surface area contributed by atoms with Crippen molar-refractivity contribution >= 4 is 11.7 Å². The molecule has 1 N–H and O–H groups in total. The van der Waals surface area contributed by atoms with E-state index < -0.39 is 0 Å². The van der Waals surface area contributed by atoms with Crippen LogP contribution in [0, 0.1) is 13.8 Å². The maximum absolute atomic E-state index is 11.3. The fraction of sp³-hybridized carbons (Fsp3) is 0.250. The Morgan fingerprint density at radius 3 is 2.70 bits per heavy atom. The van der Waals surface area contributed by atoms with Gasteiger partial charge in [0.1, 0.15) is 0 Å². The largest absolute Gasteiger partial charge is 0.465 e. The van der Waals surface area contributed by atoms with Crippen molar-refractivity contribution in [3.05, 3.63) is 58.9 Å². The zero-order valence-electron chi connectivity index (χ0n) is 11.9. The molecule has 1 aromatic heterocycles. The first-order chi connectivity index (χ1) is 9.61. The molecule has 1 aromatic carbocycles. The van der Waals surface area contributed by atoms with Crippen molar-refractivity contribution in [1.82, 2.24) is 4.98 Å². The zero-order valence-corrected chi connectivity index (χ0v) is 11.9. The number of ether oxygens (including phenoxy) is 1. The second-order valence-corrected chi connectivity index (χ2v) is 4.63. The third-order valence-electron chi connectivity index (χ3n) is 3.31. The number of rotatable bonds is 4. The molecule has 2 aromatic rings. The van der Waals surface area contributed by atoms with Gasteiger partial charge in [-0.1, -0.05) is 12.1 Å². The Morgan fingerprint density at radius 1 is 1.25 bits per heavy atom. The molecule has 2 rings (SSSR count). The summed E-state index contributed by atoms with van der Waals surface area (Å²) in [5.41, 5.74) is 4.92. The predicted octanol–water partition coefficient (Wildman–Crippen LogP) is 3.10. The van der Waals surface area contributed by atoms with Gasteiger partial charge in [-0.25, -0.2) is 4.79 Å². The second-order valence-electron chi connectivity index (χ2n) is 4.63. The van der Waals surface area contributed by atoms with E-state index in [-0.39, 0.29) is 5.97 Å². The molecule has 104 valence electrons. The summed E-state index contributed by atoms with van der Waals surface area (Å²) in [5.74, 6) is -0.369. The van der Waals surface area contributed by atoms with Crippen LogP contribution < -0.4 is 5.32 Å². The van der Waals surface area contributed by atoms with Gasteiger partial charge in [0.05, 0.1) is 24.9 Å². The van der Waals surface area contributed by atoms with Gasteiger partial charge in [-0.05, 0) is 43.2 Å². The van der Waals surface area contributed by atoms with E-state index in [1.165, 1.54) is 24.4 Å². The van der Waals surface area contributed by atoms with Crippen LogP contribution in [0.25, 0.3) is 0 Å². The highest BCUT2D eigenvalue weighted by Gasteiger charge is 2.06. The fourth-order valence-corrected chi connectivity index (χ4v) is 1.90. The topological polar surface area (TPSA) is 51.2 Å². The van der Waals surface area contributed by atoms with Crippen molar-refractivity contribution < 1.29 is 9.53 Å². The molecule has 0 radical (unpaired) electrons. The van der Waals surface area contributed by atoms with Gasteiger partial charge >= 0.3 is 5.97 Å². The van der Waals surface area contributed by atoms with Gasteiger partial charge in [-0.2, -0.15) is 0 Å². The highest BCUT2D eigenvalue weighted by Crippen LogP contribution is 2.18. The molecule has 0 saturated carbocycles. The molecule has 4 nitrogen and oxygen atoms in total. The first-order valence-corrected chi connectivity index (χ1v) is 6.45. The van der Waals surface area contributed by atoms with Crippen LogP contribution in [0.4, 0.5) is 5.69 Å². The van der Waals surface area contributed by atoms with E-state index in [1.807, 2.05) is 18.2 Å². The summed E-state index contributed by atoms with van der Waals surface area (Å²) in [5, 5.41) is 3.35. The van der Waals surface area contributed by atoms with E-state index in [9.17, 15) is 4.79 Å². The average molecular weight is 270 g/mol. The molecular weight excluding hydrogens is 252 g/mol. The van der Waals surface area contributed by atoms with Gasteiger partial charge in [0.2, 0.25) is 0 Å². The van der Waals surface area contributed by atoms with Gasteiger partial charge in [0, 0.05) is 11.9 Å². The maximum atomic E-state index is 11.3. The standard InChI is InChI=1S/C16H18N2O2/c1-11-5-4-6-15(12(11)2)18-10-14-8-7-13(9-17-14)16(19)20-3/h4-9,18H,10H2,1-3H3. The van der Waals surface area contributed by atoms with Crippen LogP contribution in [0.2, 0.25) is 0 Å². The van der Waals surface area contributed by atoms with Crippen molar-refractivity contribution in [2.24, 2.45) is 0 Å². The van der Waals surface area contributed by atoms with Crippen LogP contribution >= 0.6 is 0 Å². The van der Waals surface area contributed by atoms with Crippen molar-refractivity contribution in [1.29, 1.82) is 0 Å². The van der Waals surface area contributed by atoms with Gasteiger partial charge in [0.15, 0.2) is 0 Å². The molecule has 1 heterocycles. The van der Waals surface area contributed by atoms with Gasteiger partial charge in [0.25, 0.3) is 0 Å². The van der Waals surface area contributed by atoms with E-state index in [2.05, 4.69) is 35.0 Å². The molecule has 4 heteroatoms. The molecule has 0 aliphatic rings. The van der Waals surface area contributed by atoms with Crippen LogP contribution in [-0.4, -0.2) is 18.1 Å². The molecule has 0 aliphatic carbocycles. The minimum absolute atomic E-state index is 0.369. The van der Waals surface area contributed by atoms with E-state index in [0.29, 0.717) is 12.1 Å². The third kappa shape index (κ3) is 3.15. The number of anilines is 1. The van der Waals surface area contributed by atoms with Crippen LogP contribution in [0.3, 0.4) is 0 Å². The van der Waals surface area contributed by atoms with Gasteiger partial charge < -0.3 is 10.1 Å². The number of pyridine rings is 1. The van der Waals surface area contributed by atoms with Gasteiger partial charge in [-0.15, -0.1) is 0 Å². The lowest BCUT2D eigenvalue weighted by molar-refractivity contribution is 0.0600. The molecule has 0 amide bonds. The highest BCUT2D eigenvalue weighted by atomic mass is 16.5. The smallest absolute Gasteiger partial charge is 0.339 e. The molecule has 0 bridgehead atoms. The Balaban J connectivity index is 2.04. The summed E-state index contributed by atoms with van der Waals surface area (Å²) in [7, 11) is 1.36. The normalized spacial score (nSPS) is 10.2. The van der Waals surface area contributed by atoms with E-state index >= 15 is 0 Å². The maximum Gasteiger partial charge on any atom is 0.339 e. The van der Waals surface area contributed by atoms with Gasteiger partial charge in [-0.3, -0.25) is 4.98 Å². The lowest BCUT2D eigenvalue weighted by atomic mass is 10.1. The number of nitrogens with one attached hydrogen (secondary N) is 1. The summed E-state index contributed by atoms with van der Waals surface area (Å²) < 4.78 is 4.64. The van der Waals surface area contributed by atoms with Crippen LogP contribution in [0.1, 0.15) is 27.2 Å². The molecule has 0 aliphatic heterocycles. The van der Waals surface area contributed by atoms with Crippen molar-refractivity contribution in [2.75, 3.05) is 12.4 Å². The Kier molecular flexibility index (Phi) is 4.35. The molecule has 0 atom stereocenters. The number of esters is 1. The molecule has 0 unspecified atom stereocenters.